The quantitative estimate of drug-likeness (QED) is 0.681. The van der Waals surface area contributed by atoms with Crippen molar-refractivity contribution < 1.29 is 19.5 Å². The maximum Gasteiger partial charge on any atom is 0.326 e. The van der Waals surface area contributed by atoms with Crippen molar-refractivity contribution >= 4 is 17.7 Å². The van der Waals surface area contributed by atoms with Gasteiger partial charge in [-0.1, -0.05) is 13.8 Å². The van der Waals surface area contributed by atoms with Gasteiger partial charge in [-0.05, 0) is 19.3 Å². The summed E-state index contributed by atoms with van der Waals surface area (Å²) in [5, 5.41) is 11.3. The second kappa shape index (κ2) is 6.98. The molecule has 0 aromatic heterocycles. The van der Waals surface area contributed by atoms with Gasteiger partial charge in [0.2, 0.25) is 5.91 Å². The third kappa shape index (κ3) is 6.98. The van der Waals surface area contributed by atoms with Gasteiger partial charge in [0.15, 0.2) is 0 Å². The van der Waals surface area contributed by atoms with E-state index in [0.717, 1.165) is 0 Å². The molecular formula is C11H19NO4. The van der Waals surface area contributed by atoms with E-state index in [9.17, 15) is 14.4 Å². The van der Waals surface area contributed by atoms with Crippen molar-refractivity contribution in [2.75, 3.05) is 0 Å². The molecule has 1 unspecified atom stereocenters. The summed E-state index contributed by atoms with van der Waals surface area (Å²) in [5.74, 6) is -1.31. The Kier molecular flexibility index (Phi) is 6.37. The minimum absolute atomic E-state index is 0.0528. The number of hydrogen-bond donors (Lipinski definition) is 2. The van der Waals surface area contributed by atoms with E-state index in [0.29, 0.717) is 6.42 Å². The second-order valence-electron chi connectivity index (χ2n) is 4.29. The summed E-state index contributed by atoms with van der Waals surface area (Å²) in [6, 6.07) is -0.862. The average Bonchev–Trinajstić information content (AvgIpc) is 2.12. The third-order valence-corrected chi connectivity index (χ3v) is 2.04. The summed E-state index contributed by atoms with van der Waals surface area (Å²) >= 11 is 0. The second-order valence-corrected chi connectivity index (χ2v) is 4.29. The van der Waals surface area contributed by atoms with E-state index in [1.54, 1.807) is 0 Å². The van der Waals surface area contributed by atoms with Crippen LogP contribution in [0.4, 0.5) is 0 Å². The van der Waals surface area contributed by atoms with Crippen LogP contribution in [-0.2, 0) is 14.4 Å². The van der Waals surface area contributed by atoms with Crippen molar-refractivity contribution in [1.82, 2.24) is 5.32 Å². The minimum atomic E-state index is -1.04. The SMILES string of the molecule is CC(=O)CCC(=O)NC(CC(C)C)C(=O)O. The van der Waals surface area contributed by atoms with Crippen LogP contribution in [0, 0.1) is 5.92 Å². The molecule has 16 heavy (non-hydrogen) atoms. The van der Waals surface area contributed by atoms with Gasteiger partial charge < -0.3 is 15.2 Å². The van der Waals surface area contributed by atoms with E-state index >= 15 is 0 Å². The zero-order chi connectivity index (χ0) is 12.7. The van der Waals surface area contributed by atoms with Gasteiger partial charge in [-0.25, -0.2) is 4.79 Å². The fraction of sp³-hybridized carbons (Fsp3) is 0.727. The standard InChI is InChI=1S/C11H19NO4/c1-7(2)6-9(11(15)16)12-10(14)5-4-8(3)13/h7,9H,4-6H2,1-3H3,(H,12,14)(H,15,16). The molecule has 0 radical (unpaired) electrons. The molecule has 1 atom stereocenters. The Morgan fingerprint density at radius 2 is 1.75 bits per heavy atom. The summed E-state index contributed by atoms with van der Waals surface area (Å²) < 4.78 is 0. The van der Waals surface area contributed by atoms with Gasteiger partial charge in [0.25, 0.3) is 0 Å². The third-order valence-electron chi connectivity index (χ3n) is 2.04. The zero-order valence-electron chi connectivity index (χ0n) is 9.95. The molecule has 0 fully saturated rings. The molecule has 0 rings (SSSR count). The summed E-state index contributed by atoms with van der Waals surface area (Å²) in [6.07, 6.45) is 0.595. The van der Waals surface area contributed by atoms with Crippen LogP contribution in [0.15, 0.2) is 0 Å². The lowest BCUT2D eigenvalue weighted by molar-refractivity contribution is -0.142. The van der Waals surface area contributed by atoms with Crippen molar-refractivity contribution in [2.45, 2.75) is 46.1 Å². The molecule has 5 heteroatoms. The molecule has 0 aromatic carbocycles. The number of amides is 1. The number of hydrogen-bond acceptors (Lipinski definition) is 3. The van der Waals surface area contributed by atoms with E-state index in [4.69, 9.17) is 5.11 Å². The minimum Gasteiger partial charge on any atom is -0.480 e. The molecule has 0 aliphatic carbocycles. The number of carboxylic acid groups (broad SMARTS) is 1. The Bertz CT molecular complexity index is 273. The number of carbonyl (C=O) groups excluding carboxylic acids is 2. The summed E-state index contributed by atoms with van der Waals surface area (Å²) in [6.45, 7) is 5.17. The Hall–Kier alpha value is -1.39. The molecule has 0 heterocycles. The molecule has 0 aliphatic rings. The van der Waals surface area contributed by atoms with Crippen molar-refractivity contribution in [3.8, 4) is 0 Å². The van der Waals surface area contributed by atoms with Crippen LogP contribution >= 0.6 is 0 Å². The van der Waals surface area contributed by atoms with E-state index in [2.05, 4.69) is 5.32 Å². The first kappa shape index (κ1) is 14.6. The van der Waals surface area contributed by atoms with Gasteiger partial charge in [-0.3, -0.25) is 4.79 Å². The maximum atomic E-state index is 11.3. The highest BCUT2D eigenvalue weighted by molar-refractivity contribution is 5.86. The molecule has 0 aliphatic heterocycles. The topological polar surface area (TPSA) is 83.5 Å². The highest BCUT2D eigenvalue weighted by Gasteiger charge is 2.20. The van der Waals surface area contributed by atoms with Crippen LogP contribution in [0.3, 0.4) is 0 Å². The number of rotatable bonds is 7. The van der Waals surface area contributed by atoms with Crippen molar-refractivity contribution in [3.05, 3.63) is 0 Å². The molecule has 0 saturated heterocycles. The highest BCUT2D eigenvalue weighted by atomic mass is 16.4. The van der Waals surface area contributed by atoms with Gasteiger partial charge in [-0.2, -0.15) is 0 Å². The number of aliphatic carboxylic acids is 1. The Labute approximate surface area is 95.2 Å². The highest BCUT2D eigenvalue weighted by Crippen LogP contribution is 2.05. The first-order valence-corrected chi connectivity index (χ1v) is 5.34. The van der Waals surface area contributed by atoms with Crippen LogP contribution in [-0.4, -0.2) is 28.8 Å². The van der Waals surface area contributed by atoms with Crippen LogP contribution in [0.1, 0.15) is 40.0 Å². The summed E-state index contributed by atoms with van der Waals surface area (Å²) in [7, 11) is 0. The van der Waals surface area contributed by atoms with Gasteiger partial charge in [0, 0.05) is 12.8 Å². The van der Waals surface area contributed by atoms with Crippen molar-refractivity contribution in [2.24, 2.45) is 5.92 Å². The number of carboxylic acids is 1. The first-order valence-electron chi connectivity index (χ1n) is 5.34. The van der Waals surface area contributed by atoms with E-state index in [1.807, 2.05) is 13.8 Å². The van der Waals surface area contributed by atoms with Gasteiger partial charge >= 0.3 is 5.97 Å². The maximum absolute atomic E-state index is 11.3. The average molecular weight is 229 g/mol. The van der Waals surface area contributed by atoms with Gasteiger partial charge in [0.1, 0.15) is 11.8 Å². The molecule has 0 aromatic rings. The van der Waals surface area contributed by atoms with Crippen LogP contribution < -0.4 is 5.32 Å². The van der Waals surface area contributed by atoms with Gasteiger partial charge in [-0.15, -0.1) is 0 Å². The lowest BCUT2D eigenvalue weighted by Crippen LogP contribution is -2.41. The fourth-order valence-corrected chi connectivity index (χ4v) is 1.25. The number of Topliss-reactive ketones (excluding diaryl/α,β-unsaturated/α-hetero) is 1. The molecule has 0 saturated carbocycles. The van der Waals surface area contributed by atoms with Crippen LogP contribution in [0.2, 0.25) is 0 Å². The molecule has 5 nitrogen and oxygen atoms in total. The largest absolute Gasteiger partial charge is 0.480 e. The fourth-order valence-electron chi connectivity index (χ4n) is 1.25. The van der Waals surface area contributed by atoms with Crippen molar-refractivity contribution in [3.63, 3.8) is 0 Å². The van der Waals surface area contributed by atoms with E-state index < -0.39 is 12.0 Å². The molecule has 0 bridgehead atoms. The molecule has 0 spiro atoms. The molecule has 92 valence electrons. The molecule has 2 N–H and O–H groups in total. The Morgan fingerprint density at radius 3 is 2.12 bits per heavy atom. The zero-order valence-corrected chi connectivity index (χ0v) is 9.95. The summed E-state index contributed by atoms with van der Waals surface area (Å²) in [5.41, 5.74) is 0. The number of carbonyl (C=O) groups is 3. The Morgan fingerprint density at radius 1 is 1.19 bits per heavy atom. The Balaban J connectivity index is 4.13. The normalized spacial score (nSPS) is 12.2. The van der Waals surface area contributed by atoms with Crippen LogP contribution in [0.25, 0.3) is 0 Å². The van der Waals surface area contributed by atoms with Crippen LogP contribution in [0.5, 0.6) is 0 Å². The first-order chi connectivity index (χ1) is 7.32. The summed E-state index contributed by atoms with van der Waals surface area (Å²) in [4.78, 5) is 32.8. The predicted molar refractivity (Wildman–Crippen MR) is 58.9 cm³/mol. The van der Waals surface area contributed by atoms with Gasteiger partial charge in [0.05, 0.1) is 0 Å². The molecular weight excluding hydrogens is 210 g/mol. The van der Waals surface area contributed by atoms with E-state index in [1.165, 1.54) is 6.92 Å². The van der Waals surface area contributed by atoms with Crippen molar-refractivity contribution in [1.29, 1.82) is 0 Å². The predicted octanol–water partition coefficient (Wildman–Crippen LogP) is 0.971. The molecule has 1 amide bonds. The number of nitrogens with one attached hydrogen (secondary N) is 1. The number of ketones is 1. The lowest BCUT2D eigenvalue weighted by Gasteiger charge is -2.16. The monoisotopic (exact) mass is 229 g/mol. The van der Waals surface area contributed by atoms with E-state index in [-0.39, 0.29) is 30.4 Å². The lowest BCUT2D eigenvalue weighted by atomic mass is 10.0. The smallest absolute Gasteiger partial charge is 0.326 e.